The summed E-state index contributed by atoms with van der Waals surface area (Å²) in [4.78, 5) is 27.0. The Balaban J connectivity index is 2.08. The van der Waals surface area contributed by atoms with Crippen molar-refractivity contribution in [1.29, 1.82) is 0 Å². The maximum atomic E-state index is 12.1. The molecule has 7 nitrogen and oxygen atoms in total. The largest absolute Gasteiger partial charge is 0.477 e. The number of fused-ring (bicyclic) bond motifs is 1. The van der Waals surface area contributed by atoms with Crippen LogP contribution in [0.1, 0.15) is 16.1 Å². The lowest BCUT2D eigenvalue weighted by Gasteiger charge is -2.03. The van der Waals surface area contributed by atoms with E-state index in [-0.39, 0.29) is 17.9 Å². The number of carbonyl (C=O) groups is 1. The number of pyridine rings is 2. The van der Waals surface area contributed by atoms with E-state index in [0.717, 1.165) is 0 Å². The van der Waals surface area contributed by atoms with Gasteiger partial charge in [0.2, 0.25) is 0 Å². The molecule has 0 aromatic carbocycles. The number of nitrogens with zero attached hydrogens (tertiary/aromatic N) is 4. The Hall–Kier alpha value is -2.96. The summed E-state index contributed by atoms with van der Waals surface area (Å²) in [5, 5.41) is 13.2. The molecule has 20 heavy (non-hydrogen) atoms. The van der Waals surface area contributed by atoms with Crippen molar-refractivity contribution in [2.24, 2.45) is 0 Å². The first-order valence-electron chi connectivity index (χ1n) is 5.88. The van der Waals surface area contributed by atoms with Crippen LogP contribution in [0.25, 0.3) is 5.65 Å². The minimum Gasteiger partial charge on any atom is -0.477 e. The van der Waals surface area contributed by atoms with E-state index in [4.69, 9.17) is 5.11 Å². The van der Waals surface area contributed by atoms with Crippen LogP contribution < -0.4 is 5.69 Å². The quantitative estimate of drug-likeness (QED) is 0.754. The monoisotopic (exact) mass is 270 g/mol. The van der Waals surface area contributed by atoms with Crippen molar-refractivity contribution in [3.63, 3.8) is 0 Å². The molecule has 7 heteroatoms. The number of carboxylic acids is 1. The molecule has 0 fully saturated rings. The molecule has 3 aromatic rings. The number of aromatic carboxylic acids is 1. The van der Waals surface area contributed by atoms with Crippen LogP contribution in [-0.4, -0.2) is 30.2 Å². The van der Waals surface area contributed by atoms with E-state index in [0.29, 0.717) is 11.2 Å². The van der Waals surface area contributed by atoms with Crippen LogP contribution in [0.3, 0.4) is 0 Å². The SMILES string of the molecule is O=C(O)c1ncccc1Cn1nc2ccccn2c1=O. The van der Waals surface area contributed by atoms with E-state index in [2.05, 4.69) is 10.1 Å². The molecule has 0 saturated carbocycles. The predicted octanol–water partition coefficient (Wildman–Crippen LogP) is 0.637. The average Bonchev–Trinajstić information content (AvgIpc) is 2.76. The van der Waals surface area contributed by atoms with Gasteiger partial charge in [0.1, 0.15) is 0 Å². The van der Waals surface area contributed by atoms with Gasteiger partial charge in [-0.15, -0.1) is 5.10 Å². The van der Waals surface area contributed by atoms with Crippen LogP contribution in [0.15, 0.2) is 47.5 Å². The van der Waals surface area contributed by atoms with Crippen molar-refractivity contribution in [3.8, 4) is 0 Å². The zero-order valence-electron chi connectivity index (χ0n) is 10.3. The van der Waals surface area contributed by atoms with Crippen LogP contribution in [0, 0.1) is 0 Å². The highest BCUT2D eigenvalue weighted by atomic mass is 16.4. The molecule has 0 amide bonds. The molecule has 0 aliphatic rings. The molecular formula is C13H10N4O3. The van der Waals surface area contributed by atoms with Gasteiger partial charge >= 0.3 is 11.7 Å². The second-order valence-electron chi connectivity index (χ2n) is 4.19. The maximum Gasteiger partial charge on any atom is 0.354 e. The van der Waals surface area contributed by atoms with E-state index in [1.165, 1.54) is 15.3 Å². The van der Waals surface area contributed by atoms with Gasteiger partial charge in [0.05, 0.1) is 6.54 Å². The molecule has 0 saturated heterocycles. The minimum absolute atomic E-state index is 0.0655. The Labute approximate surface area is 112 Å². The fourth-order valence-electron chi connectivity index (χ4n) is 1.99. The van der Waals surface area contributed by atoms with Gasteiger partial charge in [-0.05, 0) is 18.2 Å². The van der Waals surface area contributed by atoms with Gasteiger partial charge in [0, 0.05) is 18.0 Å². The molecule has 0 unspecified atom stereocenters. The third-order valence-corrected chi connectivity index (χ3v) is 2.90. The molecule has 0 aliphatic carbocycles. The molecule has 3 heterocycles. The lowest BCUT2D eigenvalue weighted by Crippen LogP contribution is -2.22. The highest BCUT2D eigenvalue weighted by Crippen LogP contribution is 2.07. The van der Waals surface area contributed by atoms with Crippen molar-refractivity contribution in [2.45, 2.75) is 6.54 Å². The van der Waals surface area contributed by atoms with E-state index in [1.54, 1.807) is 36.5 Å². The second-order valence-corrected chi connectivity index (χ2v) is 4.19. The average molecular weight is 270 g/mol. The minimum atomic E-state index is -1.13. The Morgan fingerprint density at radius 1 is 1.25 bits per heavy atom. The topological polar surface area (TPSA) is 89.5 Å². The zero-order chi connectivity index (χ0) is 14.1. The molecule has 0 radical (unpaired) electrons. The van der Waals surface area contributed by atoms with E-state index >= 15 is 0 Å². The molecule has 1 N–H and O–H groups in total. The first kappa shape index (κ1) is 12.1. The molecule has 3 aromatic heterocycles. The second kappa shape index (κ2) is 4.61. The van der Waals surface area contributed by atoms with Crippen LogP contribution in [0.4, 0.5) is 0 Å². The third-order valence-electron chi connectivity index (χ3n) is 2.90. The number of hydrogen-bond donors (Lipinski definition) is 1. The lowest BCUT2D eigenvalue weighted by molar-refractivity contribution is 0.0689. The van der Waals surface area contributed by atoms with E-state index < -0.39 is 5.97 Å². The number of aromatic nitrogens is 4. The van der Waals surface area contributed by atoms with Gasteiger partial charge in [-0.2, -0.15) is 0 Å². The predicted molar refractivity (Wildman–Crippen MR) is 69.8 cm³/mol. The summed E-state index contributed by atoms with van der Waals surface area (Å²) < 4.78 is 2.62. The summed E-state index contributed by atoms with van der Waals surface area (Å²) in [6.45, 7) is 0.0655. The van der Waals surface area contributed by atoms with E-state index in [9.17, 15) is 9.59 Å². The van der Waals surface area contributed by atoms with Gasteiger partial charge in [0.15, 0.2) is 11.3 Å². The van der Waals surface area contributed by atoms with Gasteiger partial charge in [0.25, 0.3) is 0 Å². The van der Waals surface area contributed by atoms with Crippen LogP contribution in [0.5, 0.6) is 0 Å². The lowest BCUT2D eigenvalue weighted by atomic mass is 10.2. The van der Waals surface area contributed by atoms with Crippen LogP contribution in [-0.2, 0) is 6.54 Å². The Morgan fingerprint density at radius 3 is 2.85 bits per heavy atom. The molecule has 0 aliphatic heterocycles. The zero-order valence-corrected chi connectivity index (χ0v) is 10.3. The number of hydrogen-bond acceptors (Lipinski definition) is 4. The van der Waals surface area contributed by atoms with Crippen molar-refractivity contribution < 1.29 is 9.90 Å². The van der Waals surface area contributed by atoms with Gasteiger partial charge < -0.3 is 5.11 Å². The summed E-state index contributed by atoms with van der Waals surface area (Å²) in [6, 6.07) is 8.46. The summed E-state index contributed by atoms with van der Waals surface area (Å²) in [7, 11) is 0. The van der Waals surface area contributed by atoms with Crippen LogP contribution >= 0.6 is 0 Å². The van der Waals surface area contributed by atoms with Crippen molar-refractivity contribution in [2.75, 3.05) is 0 Å². The Kier molecular flexibility index (Phi) is 2.79. The third kappa shape index (κ3) is 1.95. The summed E-state index contributed by atoms with van der Waals surface area (Å²) in [5.41, 5.74) is 0.556. The summed E-state index contributed by atoms with van der Waals surface area (Å²) in [6.07, 6.45) is 3.02. The standard InChI is InChI=1S/C13H10N4O3/c18-12(19)11-9(4-3-6-14-11)8-17-13(20)16-7-2-1-5-10(16)15-17/h1-7H,8H2,(H,18,19). The first-order chi connectivity index (χ1) is 9.66. The first-order valence-corrected chi connectivity index (χ1v) is 5.88. The summed E-state index contributed by atoms with van der Waals surface area (Å²) >= 11 is 0. The van der Waals surface area contributed by atoms with Crippen molar-refractivity contribution in [3.05, 3.63) is 64.5 Å². The summed E-state index contributed by atoms with van der Waals surface area (Å²) in [5.74, 6) is -1.13. The highest BCUT2D eigenvalue weighted by molar-refractivity contribution is 5.86. The number of rotatable bonds is 3. The van der Waals surface area contributed by atoms with Crippen molar-refractivity contribution in [1.82, 2.24) is 19.2 Å². The van der Waals surface area contributed by atoms with E-state index in [1.807, 2.05) is 0 Å². The van der Waals surface area contributed by atoms with Crippen LogP contribution in [0.2, 0.25) is 0 Å². The maximum absolute atomic E-state index is 12.1. The highest BCUT2D eigenvalue weighted by Gasteiger charge is 2.13. The molecule has 0 atom stereocenters. The number of carboxylic acid groups (broad SMARTS) is 1. The van der Waals surface area contributed by atoms with Gasteiger partial charge in [-0.25, -0.2) is 19.3 Å². The normalized spacial score (nSPS) is 10.8. The molecule has 3 rings (SSSR count). The smallest absolute Gasteiger partial charge is 0.354 e. The van der Waals surface area contributed by atoms with Crippen molar-refractivity contribution >= 4 is 11.6 Å². The Bertz CT molecular complexity index is 850. The molecular weight excluding hydrogens is 260 g/mol. The van der Waals surface area contributed by atoms with Gasteiger partial charge in [-0.3, -0.25) is 4.40 Å². The Morgan fingerprint density at radius 2 is 2.10 bits per heavy atom. The molecule has 0 spiro atoms. The van der Waals surface area contributed by atoms with Gasteiger partial charge in [-0.1, -0.05) is 12.1 Å². The fourth-order valence-corrected chi connectivity index (χ4v) is 1.99. The fraction of sp³-hybridized carbons (Fsp3) is 0.0769. The molecule has 0 bridgehead atoms. The molecule has 100 valence electrons.